The van der Waals surface area contributed by atoms with Crippen molar-refractivity contribution < 1.29 is 9.53 Å². The van der Waals surface area contributed by atoms with Gasteiger partial charge in [0.2, 0.25) is 0 Å². The van der Waals surface area contributed by atoms with Gasteiger partial charge in [0, 0.05) is 6.08 Å². The molecule has 2 atom stereocenters. The first-order valence-electron chi connectivity index (χ1n) is 5.81. The van der Waals surface area contributed by atoms with Crippen molar-refractivity contribution in [3.8, 4) is 6.07 Å². The smallest absolute Gasteiger partial charge is 0.308 e. The predicted octanol–water partition coefficient (Wildman–Crippen LogP) is 3.07. The minimum Gasteiger partial charge on any atom is -0.469 e. The molecule has 16 heavy (non-hydrogen) atoms. The van der Waals surface area contributed by atoms with E-state index < -0.39 is 0 Å². The van der Waals surface area contributed by atoms with Crippen LogP contribution in [0.3, 0.4) is 0 Å². The average molecular weight is 223 g/mol. The summed E-state index contributed by atoms with van der Waals surface area (Å²) in [5.41, 5.74) is 0. The molecule has 0 spiro atoms. The fourth-order valence-electron chi connectivity index (χ4n) is 1.67. The van der Waals surface area contributed by atoms with Gasteiger partial charge < -0.3 is 4.74 Å². The van der Waals surface area contributed by atoms with Gasteiger partial charge in [0.1, 0.15) is 0 Å². The number of nitrogens with zero attached hydrogens (tertiary/aromatic N) is 1. The van der Waals surface area contributed by atoms with Gasteiger partial charge in [-0.2, -0.15) is 5.26 Å². The first-order chi connectivity index (χ1) is 7.67. The van der Waals surface area contributed by atoms with Crippen molar-refractivity contribution in [3.63, 3.8) is 0 Å². The van der Waals surface area contributed by atoms with Gasteiger partial charge in [0.25, 0.3) is 0 Å². The number of allylic oxidation sites excluding steroid dienone is 2. The largest absolute Gasteiger partial charge is 0.469 e. The third-order valence-electron chi connectivity index (χ3n) is 2.77. The minimum atomic E-state index is -0.205. The lowest BCUT2D eigenvalue weighted by Crippen LogP contribution is -2.21. The molecule has 0 radical (unpaired) electrons. The molecule has 0 fully saturated rings. The quantitative estimate of drug-likeness (QED) is 0.378. The molecule has 3 nitrogen and oxygen atoms in total. The summed E-state index contributed by atoms with van der Waals surface area (Å²) in [5, 5.41) is 8.51. The Hall–Kier alpha value is -1.30. The lowest BCUT2D eigenvalue weighted by molar-refractivity contribution is -0.146. The summed E-state index contributed by atoms with van der Waals surface area (Å²) < 4.78 is 4.72. The van der Waals surface area contributed by atoms with Crippen molar-refractivity contribution >= 4 is 5.97 Å². The summed E-state index contributed by atoms with van der Waals surface area (Å²) in [6.45, 7) is 3.99. The van der Waals surface area contributed by atoms with Crippen LogP contribution >= 0.6 is 0 Å². The van der Waals surface area contributed by atoms with Gasteiger partial charge in [0.15, 0.2) is 0 Å². The fourth-order valence-corrected chi connectivity index (χ4v) is 1.67. The molecule has 0 aromatic carbocycles. The van der Waals surface area contributed by atoms with Crippen molar-refractivity contribution in [1.29, 1.82) is 5.26 Å². The van der Waals surface area contributed by atoms with Crippen molar-refractivity contribution in [1.82, 2.24) is 0 Å². The molecule has 0 saturated carbocycles. The van der Waals surface area contributed by atoms with Gasteiger partial charge in [-0.3, -0.25) is 4.79 Å². The van der Waals surface area contributed by atoms with Crippen molar-refractivity contribution in [2.24, 2.45) is 11.8 Å². The van der Waals surface area contributed by atoms with Gasteiger partial charge >= 0.3 is 5.97 Å². The molecule has 0 saturated heterocycles. The molecule has 0 aromatic rings. The van der Waals surface area contributed by atoms with Gasteiger partial charge in [-0.05, 0) is 12.3 Å². The van der Waals surface area contributed by atoms with Crippen LogP contribution in [0.5, 0.6) is 0 Å². The monoisotopic (exact) mass is 223 g/mol. The molecule has 90 valence electrons. The number of esters is 1. The highest BCUT2D eigenvalue weighted by atomic mass is 16.5. The second-order valence-corrected chi connectivity index (χ2v) is 3.96. The Kier molecular flexibility index (Phi) is 8.24. The maximum absolute atomic E-state index is 11.4. The fraction of sp³-hybridized carbons (Fsp3) is 0.692. The lowest BCUT2D eigenvalue weighted by Gasteiger charge is -2.18. The highest BCUT2D eigenvalue weighted by molar-refractivity contribution is 5.72. The van der Waals surface area contributed by atoms with Gasteiger partial charge in [-0.15, -0.1) is 0 Å². The van der Waals surface area contributed by atoms with Gasteiger partial charge in [-0.25, -0.2) is 0 Å². The molecule has 0 aromatic heterocycles. The number of carbonyl (C=O) groups is 1. The summed E-state index contributed by atoms with van der Waals surface area (Å²) in [7, 11) is 1.40. The number of hydrogen-bond acceptors (Lipinski definition) is 3. The number of methoxy groups -OCH3 is 1. The summed E-state index contributed by atoms with van der Waals surface area (Å²) in [6, 6.07) is 1.97. The topological polar surface area (TPSA) is 50.1 Å². The zero-order valence-electron chi connectivity index (χ0n) is 10.4. The highest BCUT2D eigenvalue weighted by Crippen LogP contribution is 2.21. The molecule has 0 heterocycles. The summed E-state index contributed by atoms with van der Waals surface area (Å²) >= 11 is 0. The summed E-state index contributed by atoms with van der Waals surface area (Å²) in [6.07, 6.45) is 7.60. The van der Waals surface area contributed by atoms with E-state index in [0.29, 0.717) is 0 Å². The van der Waals surface area contributed by atoms with E-state index in [1.165, 1.54) is 13.2 Å². The predicted molar refractivity (Wildman–Crippen MR) is 63.6 cm³/mol. The van der Waals surface area contributed by atoms with Crippen LogP contribution < -0.4 is 0 Å². The Labute approximate surface area is 98.1 Å². The number of ether oxygens (including phenoxy) is 1. The van der Waals surface area contributed by atoms with E-state index in [2.05, 4.69) is 6.92 Å². The summed E-state index contributed by atoms with van der Waals surface area (Å²) in [4.78, 5) is 11.4. The second kappa shape index (κ2) is 8.96. The third-order valence-corrected chi connectivity index (χ3v) is 2.77. The standard InChI is InChI=1S/C13H21NO2/c1-4-5-6-8-12(9-7-10-14)11(2)13(15)16-3/h7,9,11-12H,4-6,8H2,1-3H3/b9-7+. The highest BCUT2D eigenvalue weighted by Gasteiger charge is 2.21. The minimum absolute atomic E-state index is 0.110. The number of rotatable bonds is 7. The molecule has 0 amide bonds. The SMILES string of the molecule is CCCCCC(/C=C/C#N)C(C)C(=O)OC. The Morgan fingerprint density at radius 1 is 1.50 bits per heavy atom. The van der Waals surface area contributed by atoms with Crippen LogP contribution in [0.15, 0.2) is 12.2 Å². The van der Waals surface area contributed by atoms with E-state index in [9.17, 15) is 4.79 Å². The van der Waals surface area contributed by atoms with Crippen molar-refractivity contribution in [2.75, 3.05) is 7.11 Å². The Bertz CT molecular complexity index is 266. The molecule has 0 aliphatic heterocycles. The normalized spacial score (nSPS) is 14.4. The van der Waals surface area contributed by atoms with Crippen molar-refractivity contribution in [2.45, 2.75) is 39.5 Å². The molecule has 0 aliphatic carbocycles. The van der Waals surface area contributed by atoms with E-state index in [1.54, 1.807) is 0 Å². The van der Waals surface area contributed by atoms with Crippen LogP contribution in [0.1, 0.15) is 39.5 Å². The molecule has 0 aliphatic rings. The zero-order valence-corrected chi connectivity index (χ0v) is 10.4. The maximum atomic E-state index is 11.4. The van der Waals surface area contributed by atoms with E-state index in [-0.39, 0.29) is 17.8 Å². The maximum Gasteiger partial charge on any atom is 0.308 e. The molecule has 0 rings (SSSR count). The average Bonchev–Trinajstić information content (AvgIpc) is 2.31. The first-order valence-corrected chi connectivity index (χ1v) is 5.81. The molecule has 3 heteroatoms. The number of carbonyl (C=O) groups excluding carboxylic acids is 1. The number of hydrogen-bond donors (Lipinski definition) is 0. The molecular formula is C13H21NO2. The van der Waals surface area contributed by atoms with Crippen LogP contribution in [-0.2, 0) is 9.53 Å². The third kappa shape index (κ3) is 5.55. The first kappa shape index (κ1) is 14.7. The van der Waals surface area contributed by atoms with E-state index in [1.807, 2.05) is 19.1 Å². The van der Waals surface area contributed by atoms with Crippen LogP contribution in [0, 0.1) is 23.2 Å². The van der Waals surface area contributed by atoms with Crippen LogP contribution in [-0.4, -0.2) is 13.1 Å². The molecular weight excluding hydrogens is 202 g/mol. The molecule has 2 unspecified atom stereocenters. The van der Waals surface area contributed by atoms with E-state index in [4.69, 9.17) is 10.00 Å². The summed E-state index contributed by atoms with van der Waals surface area (Å²) in [5.74, 6) is -0.269. The number of nitriles is 1. The van der Waals surface area contributed by atoms with Gasteiger partial charge in [-0.1, -0.05) is 39.2 Å². The van der Waals surface area contributed by atoms with E-state index in [0.717, 1.165) is 25.7 Å². The Morgan fingerprint density at radius 2 is 2.19 bits per heavy atom. The van der Waals surface area contributed by atoms with E-state index >= 15 is 0 Å². The van der Waals surface area contributed by atoms with Gasteiger partial charge in [0.05, 0.1) is 19.1 Å². The lowest BCUT2D eigenvalue weighted by atomic mass is 9.88. The Morgan fingerprint density at radius 3 is 2.69 bits per heavy atom. The van der Waals surface area contributed by atoms with Crippen molar-refractivity contribution in [3.05, 3.63) is 12.2 Å². The molecule has 0 N–H and O–H groups in total. The molecule has 0 bridgehead atoms. The number of unbranched alkanes of at least 4 members (excludes halogenated alkanes) is 2. The van der Waals surface area contributed by atoms with Crippen LogP contribution in [0.25, 0.3) is 0 Å². The van der Waals surface area contributed by atoms with Crippen LogP contribution in [0.4, 0.5) is 0 Å². The Balaban J connectivity index is 4.35. The van der Waals surface area contributed by atoms with Crippen LogP contribution in [0.2, 0.25) is 0 Å². The second-order valence-electron chi connectivity index (χ2n) is 3.96. The zero-order chi connectivity index (χ0) is 12.4.